The first-order valence-corrected chi connectivity index (χ1v) is 13.2. The fraction of sp³-hybridized carbons (Fsp3) is 0.467. The Labute approximate surface area is 227 Å². The molecule has 0 radical (unpaired) electrons. The Morgan fingerprint density at radius 3 is 2.47 bits per heavy atom. The fourth-order valence-electron chi connectivity index (χ4n) is 5.56. The summed E-state index contributed by atoms with van der Waals surface area (Å²) in [6.07, 6.45) is 9.06. The molecule has 2 aliphatic rings. The highest BCUT2D eigenvalue weighted by molar-refractivity contribution is 5.98. The highest BCUT2D eigenvalue weighted by Crippen LogP contribution is 2.47. The number of amides is 1. The smallest absolute Gasteiger partial charge is 0.253 e. The molecule has 5 N–H and O–H groups in total. The summed E-state index contributed by atoms with van der Waals surface area (Å²) < 4.78 is 0. The van der Waals surface area contributed by atoms with E-state index < -0.39 is 5.41 Å². The molecule has 204 valence electrons. The summed E-state index contributed by atoms with van der Waals surface area (Å²) in [4.78, 5) is 16.4. The van der Waals surface area contributed by atoms with Crippen LogP contribution in [0.4, 0.5) is 0 Å². The van der Waals surface area contributed by atoms with E-state index in [4.69, 9.17) is 11.6 Å². The molecule has 0 bridgehead atoms. The molecule has 0 aliphatic heterocycles. The second-order valence-electron chi connectivity index (χ2n) is 11.0. The first kappa shape index (κ1) is 29.0. The van der Waals surface area contributed by atoms with Crippen LogP contribution in [0.3, 0.4) is 0 Å². The van der Waals surface area contributed by atoms with E-state index in [0.29, 0.717) is 30.7 Å². The second-order valence-corrected chi connectivity index (χ2v) is 11.0. The van der Waals surface area contributed by atoms with Crippen LogP contribution in [0.5, 0.6) is 0 Å². The summed E-state index contributed by atoms with van der Waals surface area (Å²) >= 11 is 0. The van der Waals surface area contributed by atoms with E-state index >= 15 is 0 Å². The van der Waals surface area contributed by atoms with Crippen molar-refractivity contribution in [2.75, 3.05) is 28.2 Å². The quantitative estimate of drug-likeness (QED) is 0.102. The number of hydrogen-bond acceptors (Lipinski definition) is 5. The molecular weight excluding hydrogens is 474 g/mol. The van der Waals surface area contributed by atoms with Crippen LogP contribution in [0, 0.1) is 11.3 Å². The number of carbonyl (C=O) groups excluding carboxylic acids is 1. The minimum absolute atomic E-state index is 0.0194. The Kier molecular flexibility index (Phi) is 9.09. The lowest BCUT2D eigenvalue weighted by Crippen LogP contribution is -2.43. The Balaban J connectivity index is 2.33. The van der Waals surface area contributed by atoms with Gasteiger partial charge in [-0.1, -0.05) is 49.4 Å². The standard InChI is InChI=1S/C30H43N7O/c1-8-26-22(15-19(2)20(3)36(4)5)11-12-23-17-24(28(38)37(6)7)13-14-27(23)30(26,29(32)34-35-33)18-25(31)16-21-9-10-21/h8,13-15,17,21,25H,1,3,9-12,16,18,31H2,2,4-7H3,(H3,32,33,34)/b19-15+. The normalized spacial score (nSPS) is 20.5. The molecule has 2 atom stereocenters. The van der Waals surface area contributed by atoms with Gasteiger partial charge in [0.15, 0.2) is 5.84 Å². The average molecular weight is 518 g/mol. The molecule has 8 nitrogen and oxygen atoms in total. The van der Waals surface area contributed by atoms with Gasteiger partial charge in [0, 0.05) is 45.5 Å². The van der Waals surface area contributed by atoms with Gasteiger partial charge in [0.2, 0.25) is 0 Å². The van der Waals surface area contributed by atoms with Crippen molar-refractivity contribution in [3.63, 3.8) is 0 Å². The molecule has 8 heteroatoms. The molecule has 0 spiro atoms. The SMILES string of the molecule is C=CC1=C(/C=C(\C)C(=C)N(C)C)CCc2cc(C(=O)N(C)C)ccc2C1(CC(N)CC1CC1)C(=N)N=NN. The maximum atomic E-state index is 12.9. The minimum atomic E-state index is -1.02. The van der Waals surface area contributed by atoms with Gasteiger partial charge >= 0.3 is 0 Å². The third-order valence-electron chi connectivity index (χ3n) is 7.74. The highest BCUT2D eigenvalue weighted by Gasteiger charge is 2.46. The maximum absolute atomic E-state index is 12.9. The summed E-state index contributed by atoms with van der Waals surface area (Å²) in [5.74, 6) is 6.09. The van der Waals surface area contributed by atoms with Crippen molar-refractivity contribution in [2.24, 2.45) is 27.8 Å². The number of carbonyl (C=O) groups is 1. The molecular formula is C30H43N7O. The zero-order valence-corrected chi connectivity index (χ0v) is 23.6. The van der Waals surface area contributed by atoms with Gasteiger partial charge in [-0.25, -0.2) is 0 Å². The van der Waals surface area contributed by atoms with Crippen LogP contribution >= 0.6 is 0 Å². The van der Waals surface area contributed by atoms with Gasteiger partial charge in [-0.05, 0) is 78.5 Å². The molecule has 3 rings (SSSR count). The van der Waals surface area contributed by atoms with Crippen LogP contribution in [-0.4, -0.2) is 55.8 Å². The molecule has 1 saturated carbocycles. The number of fused-ring (bicyclic) bond motifs is 1. The van der Waals surface area contributed by atoms with Crippen LogP contribution in [-0.2, 0) is 11.8 Å². The molecule has 0 heterocycles. The number of rotatable bonds is 10. The first-order chi connectivity index (χ1) is 18.0. The van der Waals surface area contributed by atoms with Crippen molar-refractivity contribution in [3.8, 4) is 0 Å². The third kappa shape index (κ3) is 5.96. The van der Waals surface area contributed by atoms with Crippen molar-refractivity contribution in [1.29, 1.82) is 5.41 Å². The predicted octanol–water partition coefficient (Wildman–Crippen LogP) is 4.90. The molecule has 2 unspecified atom stereocenters. The van der Waals surface area contributed by atoms with Gasteiger partial charge < -0.3 is 21.4 Å². The first-order valence-electron chi connectivity index (χ1n) is 13.2. The van der Waals surface area contributed by atoms with Crippen molar-refractivity contribution in [2.45, 2.75) is 56.9 Å². The number of nitrogens with two attached hydrogens (primary N) is 2. The van der Waals surface area contributed by atoms with Crippen molar-refractivity contribution >= 4 is 11.7 Å². The fourth-order valence-corrected chi connectivity index (χ4v) is 5.56. The predicted molar refractivity (Wildman–Crippen MR) is 155 cm³/mol. The molecule has 38 heavy (non-hydrogen) atoms. The van der Waals surface area contributed by atoms with Gasteiger partial charge in [0.1, 0.15) is 0 Å². The van der Waals surface area contributed by atoms with Crippen molar-refractivity contribution < 1.29 is 4.79 Å². The molecule has 0 aromatic heterocycles. The Hall–Kier alpha value is -3.52. The lowest BCUT2D eigenvalue weighted by Gasteiger charge is -2.37. The number of nitrogens with one attached hydrogen (secondary N) is 1. The number of aryl methyl sites for hydroxylation is 1. The number of allylic oxidation sites excluding steroid dienone is 4. The Bertz CT molecular complexity index is 1200. The van der Waals surface area contributed by atoms with Crippen LogP contribution in [0.15, 0.2) is 76.3 Å². The van der Waals surface area contributed by atoms with Gasteiger partial charge in [-0.2, -0.15) is 0 Å². The van der Waals surface area contributed by atoms with Crippen LogP contribution < -0.4 is 11.6 Å². The van der Waals surface area contributed by atoms with Gasteiger partial charge in [0.25, 0.3) is 5.91 Å². The topological polar surface area (TPSA) is 124 Å². The van der Waals surface area contributed by atoms with E-state index in [-0.39, 0.29) is 17.8 Å². The van der Waals surface area contributed by atoms with Crippen molar-refractivity contribution in [3.05, 3.63) is 82.6 Å². The van der Waals surface area contributed by atoms with Gasteiger partial charge in [0.05, 0.1) is 5.41 Å². The van der Waals surface area contributed by atoms with Crippen LogP contribution in [0.25, 0.3) is 0 Å². The van der Waals surface area contributed by atoms with Gasteiger partial charge in [-0.15, -0.1) is 5.11 Å². The molecule has 2 aliphatic carbocycles. The van der Waals surface area contributed by atoms with Crippen LogP contribution in [0.2, 0.25) is 0 Å². The van der Waals surface area contributed by atoms with E-state index in [1.165, 1.54) is 12.8 Å². The van der Waals surface area contributed by atoms with Crippen molar-refractivity contribution in [1.82, 2.24) is 9.80 Å². The van der Waals surface area contributed by atoms with E-state index in [9.17, 15) is 10.2 Å². The molecule has 0 saturated heterocycles. The zero-order chi connectivity index (χ0) is 28.2. The second kappa shape index (κ2) is 11.9. The van der Waals surface area contributed by atoms with E-state index in [1.54, 1.807) is 19.0 Å². The average Bonchev–Trinajstić information content (AvgIpc) is 3.70. The number of hydrogen-bond donors (Lipinski definition) is 3. The highest BCUT2D eigenvalue weighted by atomic mass is 16.2. The third-order valence-corrected chi connectivity index (χ3v) is 7.74. The summed E-state index contributed by atoms with van der Waals surface area (Å²) in [5, 5.41) is 16.8. The summed E-state index contributed by atoms with van der Waals surface area (Å²) in [6.45, 7) is 10.5. The number of amidine groups is 1. The minimum Gasteiger partial charge on any atom is -0.378 e. The number of likely N-dealkylation sites (N-methyl/N-ethyl adjacent to an activating group) is 1. The summed E-state index contributed by atoms with van der Waals surface area (Å²) in [6, 6.07) is 5.57. The molecule has 1 amide bonds. The van der Waals surface area contributed by atoms with Crippen LogP contribution in [0.1, 0.15) is 60.5 Å². The summed E-state index contributed by atoms with van der Waals surface area (Å²) in [7, 11) is 7.42. The number of nitrogens with zero attached hydrogens (tertiary/aromatic N) is 4. The van der Waals surface area contributed by atoms with E-state index in [1.807, 2.05) is 50.2 Å². The lowest BCUT2D eigenvalue weighted by atomic mass is 9.66. The molecule has 1 aromatic rings. The largest absolute Gasteiger partial charge is 0.378 e. The summed E-state index contributed by atoms with van der Waals surface area (Å²) in [5.41, 5.74) is 12.1. The molecule has 1 aromatic carbocycles. The molecule has 1 fully saturated rings. The zero-order valence-electron chi connectivity index (χ0n) is 23.6. The lowest BCUT2D eigenvalue weighted by molar-refractivity contribution is 0.0827. The monoisotopic (exact) mass is 517 g/mol. The van der Waals surface area contributed by atoms with Gasteiger partial charge in [-0.3, -0.25) is 10.2 Å². The Morgan fingerprint density at radius 2 is 1.92 bits per heavy atom. The Morgan fingerprint density at radius 1 is 1.24 bits per heavy atom. The van der Waals surface area contributed by atoms with E-state index in [2.05, 4.69) is 29.6 Å². The number of benzene rings is 1. The van der Waals surface area contributed by atoms with E-state index in [0.717, 1.165) is 40.0 Å². The maximum Gasteiger partial charge on any atom is 0.253 e.